The first-order valence-corrected chi connectivity index (χ1v) is 7.09. The summed E-state index contributed by atoms with van der Waals surface area (Å²) in [5, 5.41) is 13.1. The highest BCUT2D eigenvalue weighted by atomic mass is 16.5. The number of para-hydroxylation sites is 1. The molecule has 0 aliphatic carbocycles. The van der Waals surface area contributed by atoms with Crippen LogP contribution in [0.25, 0.3) is 10.9 Å². The quantitative estimate of drug-likeness (QED) is 0.878. The fourth-order valence-electron chi connectivity index (χ4n) is 2.53. The molecule has 3 rings (SSSR count). The van der Waals surface area contributed by atoms with E-state index < -0.39 is 5.97 Å². The minimum Gasteiger partial charge on any atom is -0.475 e. The minimum atomic E-state index is -1.12. The highest BCUT2D eigenvalue weighted by molar-refractivity contribution is 5.93. The van der Waals surface area contributed by atoms with Gasteiger partial charge in [0.15, 0.2) is 0 Å². The maximum atomic E-state index is 11.1. The molecule has 0 saturated carbocycles. The largest absolute Gasteiger partial charge is 0.475 e. The van der Waals surface area contributed by atoms with Crippen molar-refractivity contribution in [1.29, 1.82) is 0 Å². The molecule has 1 fully saturated rings. The number of hydrogen-bond donors (Lipinski definition) is 2. The number of fused-ring (bicyclic) bond motifs is 1. The first-order chi connectivity index (χ1) is 10.2. The maximum absolute atomic E-state index is 11.1. The van der Waals surface area contributed by atoms with Crippen molar-refractivity contribution in [1.82, 2.24) is 9.97 Å². The molecule has 2 N–H and O–H groups in total. The van der Waals surface area contributed by atoms with Gasteiger partial charge in [0.2, 0.25) is 5.82 Å². The predicted molar refractivity (Wildman–Crippen MR) is 78.6 cm³/mol. The molecular weight excluding hydrogens is 270 g/mol. The van der Waals surface area contributed by atoms with E-state index in [0.29, 0.717) is 24.0 Å². The second-order valence-corrected chi connectivity index (χ2v) is 5.07. The Hall–Kier alpha value is -2.21. The number of carboxylic acids is 1. The zero-order chi connectivity index (χ0) is 14.7. The molecule has 1 aliphatic rings. The summed E-state index contributed by atoms with van der Waals surface area (Å²) < 4.78 is 5.57. The van der Waals surface area contributed by atoms with Crippen LogP contribution in [0.1, 0.15) is 29.9 Å². The number of rotatable bonds is 5. The Kier molecular flexibility index (Phi) is 3.96. The van der Waals surface area contributed by atoms with Gasteiger partial charge in [0, 0.05) is 18.5 Å². The normalized spacial score (nSPS) is 18.0. The number of aromatic carboxylic acids is 1. The Morgan fingerprint density at radius 2 is 2.24 bits per heavy atom. The summed E-state index contributed by atoms with van der Waals surface area (Å²) >= 11 is 0. The third kappa shape index (κ3) is 3.11. The van der Waals surface area contributed by atoms with Gasteiger partial charge in [-0.25, -0.2) is 14.8 Å². The number of nitrogens with one attached hydrogen (secondary N) is 1. The zero-order valence-corrected chi connectivity index (χ0v) is 11.6. The van der Waals surface area contributed by atoms with Gasteiger partial charge in [-0.1, -0.05) is 12.1 Å². The molecule has 2 heterocycles. The van der Waals surface area contributed by atoms with Gasteiger partial charge in [-0.05, 0) is 31.4 Å². The first kappa shape index (κ1) is 13.8. The van der Waals surface area contributed by atoms with Crippen LogP contribution in [0.5, 0.6) is 0 Å². The lowest BCUT2D eigenvalue weighted by molar-refractivity contribution is 0.0684. The average Bonchev–Trinajstić information content (AvgIpc) is 3.00. The van der Waals surface area contributed by atoms with Crippen LogP contribution < -0.4 is 5.32 Å². The molecular formula is C15H17N3O3. The topological polar surface area (TPSA) is 84.3 Å². The van der Waals surface area contributed by atoms with Crippen molar-refractivity contribution >= 4 is 22.7 Å². The molecule has 1 saturated heterocycles. The van der Waals surface area contributed by atoms with Crippen molar-refractivity contribution in [3.63, 3.8) is 0 Å². The fraction of sp³-hybridized carbons (Fsp3) is 0.400. The van der Waals surface area contributed by atoms with Crippen LogP contribution in [0.15, 0.2) is 24.3 Å². The molecule has 2 aromatic rings. The fourth-order valence-corrected chi connectivity index (χ4v) is 2.53. The van der Waals surface area contributed by atoms with Crippen LogP contribution in [0.2, 0.25) is 0 Å². The van der Waals surface area contributed by atoms with Gasteiger partial charge in [0.1, 0.15) is 5.82 Å². The Labute approximate surface area is 122 Å². The van der Waals surface area contributed by atoms with Crippen molar-refractivity contribution in [3.8, 4) is 0 Å². The number of benzene rings is 1. The number of hydrogen-bond acceptors (Lipinski definition) is 5. The van der Waals surface area contributed by atoms with Crippen LogP contribution in [0, 0.1) is 0 Å². The molecule has 110 valence electrons. The van der Waals surface area contributed by atoms with E-state index in [1.165, 1.54) is 0 Å². The first-order valence-electron chi connectivity index (χ1n) is 7.09. The van der Waals surface area contributed by atoms with Gasteiger partial charge >= 0.3 is 5.97 Å². The van der Waals surface area contributed by atoms with Gasteiger partial charge < -0.3 is 15.2 Å². The molecule has 0 spiro atoms. The van der Waals surface area contributed by atoms with E-state index in [9.17, 15) is 4.79 Å². The van der Waals surface area contributed by atoms with Crippen molar-refractivity contribution in [3.05, 3.63) is 30.1 Å². The minimum absolute atomic E-state index is 0.187. The van der Waals surface area contributed by atoms with Crippen LogP contribution in [-0.4, -0.2) is 40.3 Å². The van der Waals surface area contributed by atoms with E-state index in [4.69, 9.17) is 9.84 Å². The third-order valence-corrected chi connectivity index (χ3v) is 3.58. The van der Waals surface area contributed by atoms with Crippen molar-refractivity contribution in [2.24, 2.45) is 0 Å². The highest BCUT2D eigenvalue weighted by Gasteiger charge is 2.16. The second kappa shape index (κ2) is 6.05. The lowest BCUT2D eigenvalue weighted by atomic mass is 10.2. The summed E-state index contributed by atoms with van der Waals surface area (Å²) in [7, 11) is 0. The number of carboxylic acid groups (broad SMARTS) is 1. The standard InChI is InChI=1S/C15H17N3O3/c19-15(20)14-17-12-6-2-1-5-11(12)13(18-14)16-8-7-10-4-3-9-21-10/h1-2,5-6,10H,3-4,7-9H2,(H,19,20)(H,16,17,18). The lowest BCUT2D eigenvalue weighted by Crippen LogP contribution is -2.14. The summed E-state index contributed by atoms with van der Waals surface area (Å²) in [6.45, 7) is 1.54. The summed E-state index contributed by atoms with van der Waals surface area (Å²) in [5.74, 6) is -0.743. The second-order valence-electron chi connectivity index (χ2n) is 5.07. The Morgan fingerprint density at radius 3 is 3.00 bits per heavy atom. The SMILES string of the molecule is O=C(O)c1nc(NCCC2CCCO2)c2ccccc2n1. The molecule has 6 nitrogen and oxygen atoms in total. The van der Waals surface area contributed by atoms with E-state index in [1.54, 1.807) is 6.07 Å². The molecule has 0 radical (unpaired) electrons. The van der Waals surface area contributed by atoms with Crippen molar-refractivity contribution in [2.75, 3.05) is 18.5 Å². The van der Waals surface area contributed by atoms with E-state index in [-0.39, 0.29) is 5.82 Å². The monoisotopic (exact) mass is 287 g/mol. The molecule has 0 bridgehead atoms. The Balaban J connectivity index is 1.80. The molecule has 1 unspecified atom stereocenters. The van der Waals surface area contributed by atoms with Crippen molar-refractivity contribution < 1.29 is 14.6 Å². The smallest absolute Gasteiger partial charge is 0.374 e. The molecule has 1 aromatic heterocycles. The third-order valence-electron chi connectivity index (χ3n) is 3.58. The molecule has 21 heavy (non-hydrogen) atoms. The molecule has 1 atom stereocenters. The number of anilines is 1. The van der Waals surface area contributed by atoms with Crippen molar-refractivity contribution in [2.45, 2.75) is 25.4 Å². The number of ether oxygens (including phenoxy) is 1. The average molecular weight is 287 g/mol. The van der Waals surface area contributed by atoms with E-state index >= 15 is 0 Å². The van der Waals surface area contributed by atoms with E-state index in [1.807, 2.05) is 18.2 Å². The van der Waals surface area contributed by atoms with Crippen LogP contribution in [0.4, 0.5) is 5.82 Å². The number of nitrogens with zero attached hydrogens (tertiary/aromatic N) is 2. The Morgan fingerprint density at radius 1 is 1.38 bits per heavy atom. The zero-order valence-electron chi connectivity index (χ0n) is 11.6. The summed E-state index contributed by atoms with van der Waals surface area (Å²) in [4.78, 5) is 19.3. The van der Waals surface area contributed by atoms with Gasteiger partial charge in [-0.2, -0.15) is 0 Å². The van der Waals surface area contributed by atoms with Gasteiger partial charge in [0.25, 0.3) is 0 Å². The Bertz CT molecular complexity index is 654. The number of carbonyl (C=O) groups is 1. The summed E-state index contributed by atoms with van der Waals surface area (Å²) in [5.41, 5.74) is 0.629. The van der Waals surface area contributed by atoms with Gasteiger partial charge in [-0.3, -0.25) is 0 Å². The van der Waals surface area contributed by atoms with Crippen LogP contribution >= 0.6 is 0 Å². The van der Waals surface area contributed by atoms with Crippen LogP contribution in [0.3, 0.4) is 0 Å². The van der Waals surface area contributed by atoms with E-state index in [2.05, 4.69) is 15.3 Å². The summed E-state index contributed by atoms with van der Waals surface area (Å²) in [6.07, 6.45) is 3.39. The predicted octanol–water partition coefficient (Wildman–Crippen LogP) is 2.31. The van der Waals surface area contributed by atoms with Gasteiger partial charge in [-0.15, -0.1) is 0 Å². The number of aromatic nitrogens is 2. The maximum Gasteiger partial charge on any atom is 0.374 e. The molecule has 6 heteroatoms. The van der Waals surface area contributed by atoms with Crippen LogP contribution in [-0.2, 0) is 4.74 Å². The molecule has 1 aliphatic heterocycles. The van der Waals surface area contributed by atoms with E-state index in [0.717, 1.165) is 31.3 Å². The van der Waals surface area contributed by atoms with Gasteiger partial charge in [0.05, 0.1) is 11.6 Å². The molecule has 1 aromatic carbocycles. The highest BCUT2D eigenvalue weighted by Crippen LogP contribution is 2.21. The lowest BCUT2D eigenvalue weighted by Gasteiger charge is -2.12. The summed E-state index contributed by atoms with van der Waals surface area (Å²) in [6, 6.07) is 7.39. The molecule has 0 amide bonds.